The second-order valence-electron chi connectivity index (χ2n) is 4.52. The van der Waals surface area contributed by atoms with Crippen molar-refractivity contribution in [1.29, 1.82) is 0 Å². The Morgan fingerprint density at radius 3 is 2.86 bits per heavy atom. The van der Waals surface area contributed by atoms with Gasteiger partial charge in [0.15, 0.2) is 0 Å². The van der Waals surface area contributed by atoms with Crippen molar-refractivity contribution in [3.8, 4) is 0 Å². The van der Waals surface area contributed by atoms with Crippen molar-refractivity contribution < 1.29 is 0 Å². The Labute approximate surface area is 86.4 Å². The van der Waals surface area contributed by atoms with E-state index in [2.05, 4.69) is 24.3 Å². The molecule has 2 radical (unpaired) electrons. The molecule has 1 aromatic carbocycles. The molecule has 2 aliphatic carbocycles. The standard InChI is InChI=1S/C13H13B/c14-13-6-5-11-7-10(9-1-2-9)3-4-12(11)8-13/h3-6,8-10H,1-2,7H2. The number of hydrogen-bond acceptors (Lipinski definition) is 0. The molecule has 3 rings (SSSR count). The van der Waals surface area contributed by atoms with Crippen LogP contribution >= 0.6 is 0 Å². The lowest BCUT2D eigenvalue weighted by atomic mass is 9.83. The number of rotatable bonds is 1. The Hall–Kier alpha value is -0.975. The highest BCUT2D eigenvalue weighted by Gasteiger charge is 2.30. The largest absolute Gasteiger partial charge is 0.113 e. The first kappa shape index (κ1) is 8.34. The summed E-state index contributed by atoms with van der Waals surface area (Å²) in [4.78, 5) is 0. The Kier molecular flexibility index (Phi) is 1.80. The third-order valence-electron chi connectivity index (χ3n) is 3.38. The van der Waals surface area contributed by atoms with Gasteiger partial charge in [-0.25, -0.2) is 0 Å². The normalized spacial score (nSPS) is 24.7. The predicted molar refractivity (Wildman–Crippen MR) is 60.8 cm³/mol. The average molecular weight is 180 g/mol. The van der Waals surface area contributed by atoms with Crippen molar-refractivity contribution in [2.75, 3.05) is 0 Å². The fourth-order valence-corrected chi connectivity index (χ4v) is 2.35. The van der Waals surface area contributed by atoms with Crippen LogP contribution in [0.3, 0.4) is 0 Å². The topological polar surface area (TPSA) is 0 Å². The highest BCUT2D eigenvalue weighted by Crippen LogP contribution is 2.41. The maximum atomic E-state index is 5.75. The predicted octanol–water partition coefficient (Wildman–Crippen LogP) is 2.08. The summed E-state index contributed by atoms with van der Waals surface area (Å²) in [6.45, 7) is 0. The average Bonchev–Trinajstić information content (AvgIpc) is 3.00. The lowest BCUT2D eigenvalue weighted by Gasteiger charge is -2.19. The SMILES string of the molecule is [B]c1ccc2c(c1)C=CC(C1CC1)C2. The van der Waals surface area contributed by atoms with Crippen LogP contribution in [-0.2, 0) is 6.42 Å². The monoisotopic (exact) mass is 180 g/mol. The van der Waals surface area contributed by atoms with E-state index in [4.69, 9.17) is 7.85 Å². The zero-order chi connectivity index (χ0) is 9.54. The van der Waals surface area contributed by atoms with Crippen LogP contribution in [0.15, 0.2) is 24.3 Å². The van der Waals surface area contributed by atoms with Crippen molar-refractivity contribution >= 4 is 19.4 Å². The maximum Gasteiger partial charge on any atom is 0.113 e. The van der Waals surface area contributed by atoms with E-state index in [9.17, 15) is 0 Å². The minimum atomic E-state index is 0.797. The molecule has 0 amide bonds. The molecule has 2 aliphatic rings. The molecule has 1 aromatic rings. The Morgan fingerprint density at radius 2 is 2.07 bits per heavy atom. The fourth-order valence-electron chi connectivity index (χ4n) is 2.35. The summed E-state index contributed by atoms with van der Waals surface area (Å²) >= 11 is 0. The smallest absolute Gasteiger partial charge is 0.0961 e. The van der Waals surface area contributed by atoms with Gasteiger partial charge >= 0.3 is 0 Å². The van der Waals surface area contributed by atoms with Crippen LogP contribution in [0.5, 0.6) is 0 Å². The molecule has 14 heavy (non-hydrogen) atoms. The van der Waals surface area contributed by atoms with E-state index in [0.29, 0.717) is 0 Å². The summed E-state index contributed by atoms with van der Waals surface area (Å²) in [6, 6.07) is 6.28. The third-order valence-corrected chi connectivity index (χ3v) is 3.38. The lowest BCUT2D eigenvalue weighted by Crippen LogP contribution is -2.12. The maximum absolute atomic E-state index is 5.75. The van der Waals surface area contributed by atoms with Gasteiger partial charge < -0.3 is 0 Å². The van der Waals surface area contributed by atoms with E-state index in [-0.39, 0.29) is 0 Å². The van der Waals surface area contributed by atoms with Gasteiger partial charge in [-0.1, -0.05) is 35.8 Å². The van der Waals surface area contributed by atoms with Gasteiger partial charge in [-0.3, -0.25) is 0 Å². The first-order valence-corrected chi connectivity index (χ1v) is 5.39. The van der Waals surface area contributed by atoms with Gasteiger partial charge in [-0.05, 0) is 42.2 Å². The summed E-state index contributed by atoms with van der Waals surface area (Å²) in [5, 5.41) is 0. The van der Waals surface area contributed by atoms with Gasteiger partial charge in [0.2, 0.25) is 0 Å². The molecule has 0 aromatic heterocycles. The molecule has 1 unspecified atom stereocenters. The molecule has 0 heterocycles. The minimum absolute atomic E-state index is 0.797. The number of benzene rings is 1. The Bertz CT molecular complexity index is 388. The first-order chi connectivity index (χ1) is 6.83. The number of fused-ring (bicyclic) bond motifs is 1. The Morgan fingerprint density at radius 1 is 1.21 bits per heavy atom. The van der Waals surface area contributed by atoms with Crippen molar-refractivity contribution in [3.63, 3.8) is 0 Å². The zero-order valence-electron chi connectivity index (χ0n) is 8.24. The van der Waals surface area contributed by atoms with Crippen molar-refractivity contribution in [1.82, 2.24) is 0 Å². The van der Waals surface area contributed by atoms with Crippen LogP contribution in [0.1, 0.15) is 24.0 Å². The van der Waals surface area contributed by atoms with Crippen LogP contribution in [0.25, 0.3) is 6.08 Å². The van der Waals surface area contributed by atoms with Gasteiger partial charge in [0.05, 0.1) is 0 Å². The molecule has 0 aliphatic heterocycles. The third kappa shape index (κ3) is 1.41. The molecule has 0 spiro atoms. The second-order valence-corrected chi connectivity index (χ2v) is 4.52. The summed E-state index contributed by atoms with van der Waals surface area (Å²) in [7, 11) is 5.75. The molecule has 0 bridgehead atoms. The molecule has 0 saturated heterocycles. The molecular weight excluding hydrogens is 167 g/mol. The van der Waals surface area contributed by atoms with Gasteiger partial charge in [0, 0.05) is 0 Å². The van der Waals surface area contributed by atoms with Gasteiger partial charge in [-0.2, -0.15) is 0 Å². The molecule has 1 fully saturated rings. The number of hydrogen-bond donors (Lipinski definition) is 0. The van der Waals surface area contributed by atoms with E-state index in [0.717, 1.165) is 17.3 Å². The van der Waals surface area contributed by atoms with Crippen LogP contribution in [0.2, 0.25) is 0 Å². The van der Waals surface area contributed by atoms with E-state index in [1.54, 1.807) is 0 Å². The lowest BCUT2D eigenvalue weighted by molar-refractivity contribution is 0.563. The zero-order valence-corrected chi connectivity index (χ0v) is 8.24. The molecule has 0 N–H and O–H groups in total. The molecule has 1 heteroatoms. The Balaban J connectivity index is 1.93. The molecule has 0 nitrogen and oxygen atoms in total. The minimum Gasteiger partial charge on any atom is -0.0961 e. The summed E-state index contributed by atoms with van der Waals surface area (Å²) in [5.41, 5.74) is 3.67. The summed E-state index contributed by atoms with van der Waals surface area (Å²) < 4.78 is 0. The highest BCUT2D eigenvalue weighted by molar-refractivity contribution is 6.32. The summed E-state index contributed by atoms with van der Waals surface area (Å²) in [5.74, 6) is 1.77. The first-order valence-electron chi connectivity index (χ1n) is 5.39. The van der Waals surface area contributed by atoms with E-state index >= 15 is 0 Å². The second kappa shape index (κ2) is 3.01. The van der Waals surface area contributed by atoms with Crippen molar-refractivity contribution in [2.45, 2.75) is 19.3 Å². The van der Waals surface area contributed by atoms with Crippen LogP contribution < -0.4 is 5.46 Å². The van der Waals surface area contributed by atoms with E-state index < -0.39 is 0 Å². The van der Waals surface area contributed by atoms with Gasteiger partial charge in [0.1, 0.15) is 7.85 Å². The summed E-state index contributed by atoms with van der Waals surface area (Å²) in [6.07, 6.45) is 8.70. The fraction of sp³-hybridized carbons (Fsp3) is 0.385. The molecular formula is C13H13B. The van der Waals surface area contributed by atoms with Gasteiger partial charge in [0.25, 0.3) is 0 Å². The van der Waals surface area contributed by atoms with E-state index in [1.807, 2.05) is 6.07 Å². The highest BCUT2D eigenvalue weighted by atomic mass is 14.4. The van der Waals surface area contributed by atoms with Crippen LogP contribution in [0, 0.1) is 11.8 Å². The van der Waals surface area contributed by atoms with E-state index in [1.165, 1.54) is 30.4 Å². The number of allylic oxidation sites excluding steroid dienone is 1. The molecule has 68 valence electrons. The quantitative estimate of drug-likeness (QED) is 0.580. The van der Waals surface area contributed by atoms with Crippen molar-refractivity contribution in [2.24, 2.45) is 11.8 Å². The molecule has 1 saturated carbocycles. The van der Waals surface area contributed by atoms with Crippen molar-refractivity contribution in [3.05, 3.63) is 35.4 Å². The van der Waals surface area contributed by atoms with Crippen LogP contribution in [0.4, 0.5) is 0 Å². The van der Waals surface area contributed by atoms with Gasteiger partial charge in [-0.15, -0.1) is 0 Å². The molecule has 1 atom stereocenters. The van der Waals surface area contributed by atoms with Crippen LogP contribution in [-0.4, -0.2) is 7.85 Å².